The van der Waals surface area contributed by atoms with Crippen LogP contribution in [0.25, 0.3) is 0 Å². The number of fused-ring (bicyclic) bond motifs is 1. The number of hydrogen-bond donors (Lipinski definition) is 1. The van der Waals surface area contributed by atoms with Gasteiger partial charge in [0.15, 0.2) is 0 Å². The lowest BCUT2D eigenvalue weighted by molar-refractivity contribution is 0.0757. The smallest absolute Gasteiger partial charge is 0.286 e. The van der Waals surface area contributed by atoms with E-state index in [1.807, 2.05) is 18.7 Å². The molecule has 0 saturated heterocycles. The van der Waals surface area contributed by atoms with E-state index in [1.54, 1.807) is 19.1 Å². The maximum Gasteiger partial charge on any atom is 0.286 e. The van der Waals surface area contributed by atoms with Crippen molar-refractivity contribution in [3.8, 4) is 0 Å². The fourth-order valence-corrected chi connectivity index (χ4v) is 4.09. The van der Waals surface area contributed by atoms with E-state index in [0.29, 0.717) is 49.1 Å². The molecule has 1 aliphatic rings. The number of carbonyl (C=O) groups excluding carboxylic acids is 1. The van der Waals surface area contributed by atoms with E-state index in [-0.39, 0.29) is 16.9 Å². The summed E-state index contributed by atoms with van der Waals surface area (Å²) in [5.74, 6) is 0.470. The van der Waals surface area contributed by atoms with Gasteiger partial charge in [0.2, 0.25) is 0 Å². The normalized spacial score (nSPS) is 15.7. The SMILES string of the molecule is CC1=NS(=O)(=O)c2cc(C(=O)NCCCOC(C)C)ccc2N1CC(C)C. The van der Waals surface area contributed by atoms with Crippen molar-refractivity contribution >= 4 is 27.5 Å². The Morgan fingerprint density at radius 3 is 2.59 bits per heavy atom. The Morgan fingerprint density at radius 1 is 1.26 bits per heavy atom. The van der Waals surface area contributed by atoms with E-state index in [1.165, 1.54) is 6.07 Å². The Bertz CT molecular complexity index is 816. The van der Waals surface area contributed by atoms with E-state index >= 15 is 0 Å². The maximum atomic E-state index is 12.5. The molecule has 8 heteroatoms. The minimum absolute atomic E-state index is 0.0736. The summed E-state index contributed by atoms with van der Waals surface area (Å²) in [5.41, 5.74) is 0.874. The van der Waals surface area contributed by atoms with Crippen molar-refractivity contribution in [1.82, 2.24) is 5.32 Å². The lowest BCUT2D eigenvalue weighted by atomic mass is 10.1. The highest BCUT2D eigenvalue weighted by molar-refractivity contribution is 7.90. The quantitative estimate of drug-likeness (QED) is 0.684. The molecule has 0 atom stereocenters. The van der Waals surface area contributed by atoms with Crippen molar-refractivity contribution < 1.29 is 17.9 Å². The fraction of sp³-hybridized carbons (Fsp3) is 0.579. The zero-order valence-corrected chi connectivity index (χ0v) is 17.5. The minimum Gasteiger partial charge on any atom is -0.379 e. The summed E-state index contributed by atoms with van der Waals surface area (Å²) in [6.07, 6.45) is 0.850. The van der Waals surface area contributed by atoms with Crippen LogP contribution in [0, 0.1) is 5.92 Å². The summed E-state index contributed by atoms with van der Waals surface area (Å²) in [6, 6.07) is 4.75. The number of amidine groups is 1. The molecule has 1 aromatic carbocycles. The van der Waals surface area contributed by atoms with Gasteiger partial charge >= 0.3 is 0 Å². The second kappa shape index (κ2) is 8.84. The van der Waals surface area contributed by atoms with Gasteiger partial charge in [0.1, 0.15) is 10.7 Å². The molecule has 1 heterocycles. The fourth-order valence-electron chi connectivity index (χ4n) is 2.82. The standard InChI is InChI=1S/C19H29N3O4S/c1-13(2)12-22-15(5)21-27(24,25)18-11-16(7-8-17(18)22)19(23)20-9-6-10-26-14(3)4/h7-8,11,13-14H,6,9-10,12H2,1-5H3,(H,20,23). The molecule has 0 radical (unpaired) electrons. The summed E-state index contributed by atoms with van der Waals surface area (Å²) in [6.45, 7) is 11.4. The lowest BCUT2D eigenvalue weighted by Crippen LogP contribution is -2.37. The molecule has 1 N–H and O–H groups in total. The highest BCUT2D eigenvalue weighted by Gasteiger charge is 2.30. The van der Waals surface area contributed by atoms with Crippen LogP contribution in [-0.4, -0.2) is 46.0 Å². The number of anilines is 1. The predicted octanol–water partition coefficient (Wildman–Crippen LogP) is 2.81. The molecule has 0 bridgehead atoms. The Balaban J connectivity index is 2.16. The first-order valence-corrected chi connectivity index (χ1v) is 10.7. The molecule has 1 amide bonds. The van der Waals surface area contributed by atoms with Gasteiger partial charge in [-0.2, -0.15) is 8.42 Å². The van der Waals surface area contributed by atoms with Gasteiger partial charge in [-0.1, -0.05) is 13.8 Å². The number of nitrogens with one attached hydrogen (secondary N) is 1. The highest BCUT2D eigenvalue weighted by atomic mass is 32.2. The molecular weight excluding hydrogens is 366 g/mol. The monoisotopic (exact) mass is 395 g/mol. The van der Waals surface area contributed by atoms with Crippen LogP contribution in [0.15, 0.2) is 27.5 Å². The Kier molecular flexibility index (Phi) is 7.00. The molecule has 2 rings (SSSR count). The molecule has 150 valence electrons. The number of hydrogen-bond acceptors (Lipinski definition) is 5. The zero-order valence-electron chi connectivity index (χ0n) is 16.7. The molecular formula is C19H29N3O4S. The minimum atomic E-state index is -3.81. The van der Waals surface area contributed by atoms with Crippen molar-refractivity contribution in [3.05, 3.63) is 23.8 Å². The van der Waals surface area contributed by atoms with Crippen molar-refractivity contribution in [1.29, 1.82) is 0 Å². The molecule has 0 aromatic heterocycles. The van der Waals surface area contributed by atoms with E-state index in [4.69, 9.17) is 4.74 Å². The van der Waals surface area contributed by atoms with Gasteiger partial charge in [-0.05, 0) is 51.3 Å². The summed E-state index contributed by atoms with van der Waals surface area (Å²) < 4.78 is 34.3. The van der Waals surface area contributed by atoms with Gasteiger partial charge < -0.3 is 15.0 Å². The predicted molar refractivity (Wildman–Crippen MR) is 107 cm³/mol. The number of ether oxygens (including phenoxy) is 1. The van der Waals surface area contributed by atoms with Crippen molar-refractivity contribution in [3.63, 3.8) is 0 Å². The van der Waals surface area contributed by atoms with Crippen LogP contribution in [0.3, 0.4) is 0 Å². The van der Waals surface area contributed by atoms with Gasteiger partial charge in [-0.25, -0.2) is 0 Å². The Morgan fingerprint density at radius 2 is 1.96 bits per heavy atom. The number of benzene rings is 1. The number of rotatable bonds is 8. The molecule has 0 saturated carbocycles. The van der Waals surface area contributed by atoms with E-state index in [2.05, 4.69) is 23.6 Å². The van der Waals surface area contributed by atoms with Crippen molar-refractivity contribution in [2.75, 3.05) is 24.6 Å². The van der Waals surface area contributed by atoms with E-state index in [0.717, 1.165) is 0 Å². The topological polar surface area (TPSA) is 88.1 Å². The first-order chi connectivity index (χ1) is 12.6. The Hall–Kier alpha value is -1.93. The summed E-state index contributed by atoms with van der Waals surface area (Å²) >= 11 is 0. The lowest BCUT2D eigenvalue weighted by Gasteiger charge is -2.30. The molecule has 1 aliphatic heterocycles. The molecule has 0 unspecified atom stereocenters. The van der Waals surface area contributed by atoms with Gasteiger partial charge in [0.05, 0.1) is 11.8 Å². The first kappa shape index (κ1) is 21.4. The van der Waals surface area contributed by atoms with Gasteiger partial charge in [0, 0.05) is 25.3 Å². The number of carbonyl (C=O) groups is 1. The summed E-state index contributed by atoms with van der Waals surface area (Å²) in [7, 11) is -3.81. The molecule has 0 fully saturated rings. The van der Waals surface area contributed by atoms with E-state index < -0.39 is 10.0 Å². The summed E-state index contributed by atoms with van der Waals surface area (Å²) in [5, 5.41) is 2.80. The highest BCUT2D eigenvalue weighted by Crippen LogP contribution is 2.33. The number of amides is 1. The second-order valence-corrected chi connectivity index (χ2v) is 8.90. The van der Waals surface area contributed by atoms with Crippen LogP contribution in [0.1, 0.15) is 51.4 Å². The first-order valence-electron chi connectivity index (χ1n) is 9.24. The van der Waals surface area contributed by atoms with Gasteiger partial charge in [-0.15, -0.1) is 4.40 Å². The van der Waals surface area contributed by atoms with Crippen LogP contribution >= 0.6 is 0 Å². The third kappa shape index (κ3) is 5.52. The molecule has 1 aromatic rings. The van der Waals surface area contributed by atoms with Crippen LogP contribution in [0.5, 0.6) is 0 Å². The van der Waals surface area contributed by atoms with Gasteiger partial charge in [-0.3, -0.25) is 4.79 Å². The maximum absolute atomic E-state index is 12.5. The average molecular weight is 396 g/mol. The number of nitrogens with zero attached hydrogens (tertiary/aromatic N) is 2. The summed E-state index contributed by atoms with van der Waals surface area (Å²) in [4.78, 5) is 14.3. The van der Waals surface area contributed by atoms with E-state index in [9.17, 15) is 13.2 Å². The van der Waals surface area contributed by atoms with Gasteiger partial charge in [0.25, 0.3) is 15.9 Å². The molecule has 27 heavy (non-hydrogen) atoms. The number of sulfonamides is 1. The van der Waals surface area contributed by atoms with Crippen molar-refractivity contribution in [2.45, 2.75) is 52.0 Å². The Labute approximate surface area is 161 Å². The molecule has 0 spiro atoms. The zero-order chi connectivity index (χ0) is 20.2. The average Bonchev–Trinajstić information content (AvgIpc) is 2.57. The van der Waals surface area contributed by atoms with Crippen LogP contribution < -0.4 is 10.2 Å². The van der Waals surface area contributed by atoms with Crippen molar-refractivity contribution in [2.24, 2.45) is 10.3 Å². The second-order valence-electron chi connectivity index (χ2n) is 7.33. The van der Waals surface area contributed by atoms with Crippen LogP contribution in [-0.2, 0) is 14.8 Å². The largest absolute Gasteiger partial charge is 0.379 e. The molecule has 0 aliphatic carbocycles. The third-order valence-corrected chi connectivity index (χ3v) is 5.43. The molecule has 7 nitrogen and oxygen atoms in total. The van der Waals surface area contributed by atoms with Crippen LogP contribution in [0.4, 0.5) is 5.69 Å². The third-order valence-electron chi connectivity index (χ3n) is 4.04. The van der Waals surface area contributed by atoms with Crippen LogP contribution in [0.2, 0.25) is 0 Å².